The zero-order valence-electron chi connectivity index (χ0n) is 85.8. The van der Waals surface area contributed by atoms with Gasteiger partial charge in [-0.05, 0) is 152 Å². The molecule has 0 amide bonds. The molecule has 0 spiro atoms. The summed E-state index contributed by atoms with van der Waals surface area (Å²) in [6.07, 6.45) is 38.9. The SMILES string of the molecule is C.CC.CC.CC.CC.CC.CC.CC.CC.CC.CC.CC.CC.CC.CC.CC.CC.CC.CC.c1cc2c(cn1)CCCC2.c1ccc2cnccc2c1.c1ccc2cnncc2c1.c1ccc2ncccc2c1.c1ccc2nccnc2c1.c1ccc2ncncc2c1.c1ccc2nnccc2c1.c1cnc2c(c1)CCCC2.c1cnc2cnccc2c1. The van der Waals surface area contributed by atoms with Crippen LogP contribution in [0.4, 0.5) is 0 Å². The quantitative estimate of drug-likeness (QED) is 0.140. The molecular formula is C113H178N14. The molecule has 0 N–H and O–H groups in total. The highest BCUT2D eigenvalue weighted by molar-refractivity contribution is 5.82. The fourth-order valence-corrected chi connectivity index (χ4v) is 9.75. The minimum atomic E-state index is 0. The summed E-state index contributed by atoms with van der Waals surface area (Å²) in [4.78, 5) is 40.9. The highest BCUT2D eigenvalue weighted by Crippen LogP contribution is 2.20. The molecule has 0 saturated heterocycles. The highest BCUT2D eigenvalue weighted by atomic mass is 15.1. The lowest BCUT2D eigenvalue weighted by Crippen LogP contribution is -2.03. The Bertz CT molecular complexity index is 3510. The Kier molecular flexibility index (Phi) is 120. The Balaban J connectivity index is -0.000000145. The van der Waals surface area contributed by atoms with Crippen LogP contribution in [0.3, 0.4) is 0 Å². The summed E-state index contributed by atoms with van der Waals surface area (Å²) in [5, 5.41) is 24.5. The Labute approximate surface area is 777 Å². The van der Waals surface area contributed by atoms with Crippen molar-refractivity contribution in [2.75, 3.05) is 0 Å². The number of nitrogens with zero attached hydrogens (tertiary/aromatic N) is 14. The zero-order chi connectivity index (χ0) is 97.3. The first-order valence-corrected chi connectivity index (χ1v) is 47.9. The number of hydrogen-bond acceptors (Lipinski definition) is 14. The van der Waals surface area contributed by atoms with Crippen molar-refractivity contribution in [3.05, 3.63) is 328 Å². The first kappa shape index (κ1) is 136. The van der Waals surface area contributed by atoms with Crippen molar-refractivity contribution in [2.24, 2.45) is 0 Å². The van der Waals surface area contributed by atoms with E-state index < -0.39 is 0 Å². The molecule has 14 heteroatoms. The molecule has 0 bridgehead atoms. The van der Waals surface area contributed by atoms with Crippen LogP contribution in [0.25, 0.3) is 76.2 Å². The molecular weight excluding hydrogens is 1550 g/mol. The van der Waals surface area contributed by atoms with E-state index in [0.29, 0.717) is 0 Å². The fraction of sp³-hybridized carbons (Fsp3) is 0.398. The molecule has 0 atom stereocenters. The highest BCUT2D eigenvalue weighted by Gasteiger charge is 2.08. The van der Waals surface area contributed by atoms with Gasteiger partial charge in [0.1, 0.15) is 6.33 Å². The van der Waals surface area contributed by atoms with E-state index in [2.05, 4.69) is 107 Å². The maximum atomic E-state index is 4.32. The fourth-order valence-electron chi connectivity index (χ4n) is 9.75. The van der Waals surface area contributed by atoms with Gasteiger partial charge in [0.05, 0.1) is 57.9 Å². The zero-order valence-corrected chi connectivity index (χ0v) is 85.8. The van der Waals surface area contributed by atoms with E-state index in [0.717, 1.165) is 60.0 Å². The van der Waals surface area contributed by atoms with Crippen LogP contribution in [-0.2, 0) is 25.7 Å². The second-order valence-corrected chi connectivity index (χ2v) is 20.5. The second kappa shape index (κ2) is 112. The van der Waals surface area contributed by atoms with Crippen molar-refractivity contribution in [1.82, 2.24) is 70.2 Å². The van der Waals surface area contributed by atoms with E-state index in [1.807, 2.05) is 462 Å². The summed E-state index contributed by atoms with van der Waals surface area (Å²) in [7, 11) is 0. The van der Waals surface area contributed by atoms with Gasteiger partial charge in [-0.15, -0.1) is 0 Å². The Morgan fingerprint density at radius 2 is 0.480 bits per heavy atom. The number of hydrogen-bond donors (Lipinski definition) is 0. The topological polar surface area (TPSA) is 180 Å². The summed E-state index contributed by atoms with van der Waals surface area (Å²) < 4.78 is 0. The van der Waals surface area contributed by atoms with Crippen LogP contribution in [0.5, 0.6) is 0 Å². The molecule has 2 aliphatic carbocycles. The maximum absolute atomic E-state index is 4.32. The molecule has 10 aromatic heterocycles. The number of rotatable bonds is 0. The Hall–Kier alpha value is -11.6. The summed E-state index contributed by atoms with van der Waals surface area (Å²) in [6.45, 7) is 72.0. The van der Waals surface area contributed by atoms with Crippen LogP contribution in [0.1, 0.15) is 305 Å². The molecule has 2 aliphatic rings. The summed E-state index contributed by atoms with van der Waals surface area (Å²) in [6, 6.07) is 68.1. The number of fused-ring (bicyclic) bond motifs is 9. The number of pyridine rings is 6. The summed E-state index contributed by atoms with van der Waals surface area (Å²) >= 11 is 0. The minimum Gasteiger partial charge on any atom is -0.264 e. The largest absolute Gasteiger partial charge is 0.264 e. The molecule has 127 heavy (non-hydrogen) atoms. The van der Waals surface area contributed by atoms with Gasteiger partial charge in [0.2, 0.25) is 0 Å². The Morgan fingerprint density at radius 3 is 0.921 bits per heavy atom. The van der Waals surface area contributed by atoms with Crippen molar-refractivity contribution in [3.63, 3.8) is 0 Å². The van der Waals surface area contributed by atoms with Gasteiger partial charge in [-0.3, -0.25) is 39.9 Å². The monoisotopic (exact) mass is 1730 g/mol. The number of para-hydroxylation sites is 4. The first-order valence-electron chi connectivity index (χ1n) is 47.9. The van der Waals surface area contributed by atoms with E-state index in [-0.39, 0.29) is 7.43 Å². The molecule has 6 aromatic carbocycles. The van der Waals surface area contributed by atoms with Crippen molar-refractivity contribution in [3.8, 4) is 0 Å². The predicted molar refractivity (Wildman–Crippen MR) is 574 cm³/mol. The van der Waals surface area contributed by atoms with Crippen LogP contribution < -0.4 is 0 Å². The van der Waals surface area contributed by atoms with Gasteiger partial charge in [0.15, 0.2) is 0 Å². The minimum absolute atomic E-state index is 0. The van der Waals surface area contributed by atoms with Crippen molar-refractivity contribution in [2.45, 2.75) is 308 Å². The van der Waals surface area contributed by atoms with Crippen LogP contribution in [0.2, 0.25) is 0 Å². The molecule has 700 valence electrons. The van der Waals surface area contributed by atoms with E-state index in [9.17, 15) is 0 Å². The van der Waals surface area contributed by atoms with Gasteiger partial charge < -0.3 is 0 Å². The van der Waals surface area contributed by atoms with E-state index >= 15 is 0 Å². The average molecular weight is 1730 g/mol. The lowest BCUT2D eigenvalue weighted by Gasteiger charge is -2.13. The molecule has 0 radical (unpaired) electrons. The predicted octanol–water partition coefficient (Wildman–Crippen LogP) is 35.6. The van der Waals surface area contributed by atoms with Crippen molar-refractivity contribution in [1.29, 1.82) is 0 Å². The third kappa shape index (κ3) is 63.9. The van der Waals surface area contributed by atoms with Crippen LogP contribution in [0.15, 0.2) is 306 Å². The molecule has 0 aliphatic heterocycles. The summed E-state index contributed by atoms with van der Waals surface area (Å²) in [5.41, 5.74) is 11.6. The molecule has 14 nitrogen and oxygen atoms in total. The molecule has 0 saturated carbocycles. The van der Waals surface area contributed by atoms with Gasteiger partial charge in [-0.25, -0.2) is 9.97 Å². The summed E-state index contributed by atoms with van der Waals surface area (Å²) in [5.74, 6) is 0. The van der Waals surface area contributed by atoms with Crippen LogP contribution in [-0.4, -0.2) is 70.2 Å². The number of aromatic nitrogens is 14. The van der Waals surface area contributed by atoms with E-state index in [1.165, 1.54) is 89.9 Å². The Morgan fingerprint density at radius 1 is 0.173 bits per heavy atom. The maximum Gasteiger partial charge on any atom is 0.116 e. The third-order valence-electron chi connectivity index (χ3n) is 14.4. The molecule has 0 fully saturated rings. The second-order valence-electron chi connectivity index (χ2n) is 20.5. The van der Waals surface area contributed by atoms with Gasteiger partial charge in [-0.2, -0.15) is 20.4 Å². The third-order valence-corrected chi connectivity index (χ3v) is 14.4. The van der Waals surface area contributed by atoms with Gasteiger partial charge in [0.25, 0.3) is 0 Å². The van der Waals surface area contributed by atoms with E-state index in [1.54, 1.807) is 55.9 Å². The molecule has 0 unspecified atom stereocenters. The van der Waals surface area contributed by atoms with Crippen LogP contribution in [0, 0.1) is 0 Å². The van der Waals surface area contributed by atoms with Gasteiger partial charge in [-0.1, -0.05) is 390 Å². The molecule has 18 rings (SSSR count). The van der Waals surface area contributed by atoms with Gasteiger partial charge in [0, 0.05) is 106 Å². The average Bonchev–Trinajstić information content (AvgIpc) is 0.949. The number of benzene rings is 6. The van der Waals surface area contributed by atoms with Crippen molar-refractivity contribution < 1.29 is 0 Å². The normalized spacial score (nSPS) is 8.94. The molecule has 16 aromatic rings. The van der Waals surface area contributed by atoms with Gasteiger partial charge >= 0.3 is 0 Å². The standard InChI is InChI=1S/C9H11N.C9H7N.C9H11N.C9H7N.5C8H6N2.18C2H6.CH4/c2*1-2-6-9-8(4-1)5-3-7-10-9;2*1-2-4-9-7-10-6-5-8(9)3-1;1-2-7-3-5-9-6-8(7)10-4-1;1-2-4-8-7(3-1)5-9-6-10-8;1-2-4-8-6-10-9-5-7(8)3-1;1-2-4-8-7(3-1)9-5-6-10-8;1-2-4-8-7(3-1)5-6-9-10-8;18*1-2;/h3,5,7H,1-2,4,6H2;1-7H;5-7H,1-4H2;1-7H;5*1-6H;18*1-2H3;1H4. The van der Waals surface area contributed by atoms with E-state index in [4.69, 9.17) is 0 Å². The smallest absolute Gasteiger partial charge is 0.116 e. The lowest BCUT2D eigenvalue weighted by molar-refractivity contribution is 0.668. The molecule has 10 heterocycles. The number of aryl methyl sites for hydroxylation is 4. The van der Waals surface area contributed by atoms with Crippen molar-refractivity contribution >= 4 is 76.2 Å². The van der Waals surface area contributed by atoms with Crippen LogP contribution >= 0.6 is 0 Å². The lowest BCUT2D eigenvalue weighted by atomic mass is 9.94. The first-order chi connectivity index (χ1) is 62.7.